The maximum atomic E-state index is 13.1. The van der Waals surface area contributed by atoms with Crippen LogP contribution in [0.25, 0.3) is 16.8 Å². The average Bonchev–Trinajstić information content (AvgIpc) is 3.29. The summed E-state index contributed by atoms with van der Waals surface area (Å²) in [5.74, 6) is -0.330. The maximum absolute atomic E-state index is 13.1. The van der Waals surface area contributed by atoms with Crippen molar-refractivity contribution in [3.05, 3.63) is 52.1 Å². The average molecular weight is 452 g/mol. The second-order valence-corrected chi connectivity index (χ2v) is 8.32. The van der Waals surface area contributed by atoms with Crippen LogP contribution in [0.3, 0.4) is 0 Å². The van der Waals surface area contributed by atoms with Gasteiger partial charge in [0.1, 0.15) is 17.9 Å². The number of rotatable bonds is 6. The van der Waals surface area contributed by atoms with E-state index in [1.807, 2.05) is 24.3 Å². The highest BCUT2D eigenvalue weighted by Crippen LogP contribution is 2.20. The van der Waals surface area contributed by atoms with Crippen LogP contribution < -0.4 is 5.56 Å². The van der Waals surface area contributed by atoms with Gasteiger partial charge in [-0.2, -0.15) is 10.2 Å². The van der Waals surface area contributed by atoms with Gasteiger partial charge in [-0.3, -0.25) is 14.4 Å². The molecule has 0 bridgehead atoms. The van der Waals surface area contributed by atoms with E-state index in [4.69, 9.17) is 4.74 Å². The Kier molecular flexibility index (Phi) is 6.57. The zero-order valence-electron chi connectivity index (χ0n) is 19.3. The molecular formula is C24H29N5O4. The normalized spacial score (nSPS) is 16.2. The minimum atomic E-state index is -0.378. The first-order valence-electron chi connectivity index (χ1n) is 11.4. The molecule has 1 unspecified atom stereocenters. The molecule has 2 aromatic heterocycles. The molecule has 1 fully saturated rings. The number of amides is 1. The Morgan fingerprint density at radius 2 is 1.91 bits per heavy atom. The highest BCUT2D eigenvalue weighted by Gasteiger charge is 2.29. The second kappa shape index (κ2) is 9.56. The third-order valence-electron chi connectivity index (χ3n) is 6.07. The number of piperidine rings is 1. The first-order chi connectivity index (χ1) is 15.9. The number of carbonyl (C=O) groups is 2. The third-order valence-corrected chi connectivity index (χ3v) is 6.07. The van der Waals surface area contributed by atoms with Gasteiger partial charge in [-0.25, -0.2) is 9.20 Å². The van der Waals surface area contributed by atoms with E-state index >= 15 is 0 Å². The summed E-state index contributed by atoms with van der Waals surface area (Å²) in [4.78, 5) is 39.7. The smallest absolute Gasteiger partial charge is 0.310 e. The van der Waals surface area contributed by atoms with Gasteiger partial charge in [-0.15, -0.1) is 0 Å². The zero-order chi connectivity index (χ0) is 23.5. The fourth-order valence-electron chi connectivity index (χ4n) is 4.22. The summed E-state index contributed by atoms with van der Waals surface area (Å²) >= 11 is 0. The number of aromatic nitrogens is 4. The maximum Gasteiger partial charge on any atom is 0.310 e. The van der Waals surface area contributed by atoms with Gasteiger partial charge < -0.3 is 9.64 Å². The Hall–Kier alpha value is -3.49. The highest BCUT2D eigenvalue weighted by atomic mass is 16.5. The van der Waals surface area contributed by atoms with Crippen LogP contribution in [-0.4, -0.2) is 55.9 Å². The molecule has 0 saturated carbocycles. The number of esters is 1. The number of benzene rings is 1. The van der Waals surface area contributed by atoms with E-state index in [2.05, 4.69) is 17.1 Å². The first-order valence-corrected chi connectivity index (χ1v) is 11.4. The number of carbonyl (C=O) groups excluding carboxylic acids is 2. The molecule has 174 valence electrons. The van der Waals surface area contributed by atoms with E-state index in [0.29, 0.717) is 43.2 Å². The summed E-state index contributed by atoms with van der Waals surface area (Å²) in [5.41, 5.74) is 2.81. The van der Waals surface area contributed by atoms with Crippen molar-refractivity contribution in [2.24, 2.45) is 5.92 Å². The molecule has 9 heteroatoms. The standard InChI is InChI=1S/C24H29N5O4/c1-4-17-8-10-18(11-9-17)20-13-21-23(31)28(25-16(3)29(21)26-20)15-22(30)27-12-6-7-19(14-27)24(32)33-5-2/h8-11,13,19H,4-7,12,14-15H2,1-3H3. The van der Waals surface area contributed by atoms with Crippen LogP contribution in [0, 0.1) is 12.8 Å². The molecule has 1 atom stereocenters. The van der Waals surface area contributed by atoms with Gasteiger partial charge in [0, 0.05) is 18.7 Å². The summed E-state index contributed by atoms with van der Waals surface area (Å²) in [5, 5.41) is 8.87. The molecule has 0 N–H and O–H groups in total. The van der Waals surface area contributed by atoms with Gasteiger partial charge in [0.15, 0.2) is 0 Å². The van der Waals surface area contributed by atoms with E-state index in [-0.39, 0.29) is 29.9 Å². The molecule has 33 heavy (non-hydrogen) atoms. The monoisotopic (exact) mass is 451 g/mol. The SMILES string of the molecule is CCOC(=O)C1CCCN(C(=O)Cn2nc(C)n3nc(-c4ccc(CC)cc4)cc3c2=O)C1. The van der Waals surface area contributed by atoms with Crippen LogP contribution in [0.2, 0.25) is 0 Å². The topological polar surface area (TPSA) is 98.8 Å². The molecule has 1 aromatic carbocycles. The summed E-state index contributed by atoms with van der Waals surface area (Å²) in [6.45, 7) is 6.60. The number of ether oxygens (including phenoxy) is 1. The summed E-state index contributed by atoms with van der Waals surface area (Å²) in [6.07, 6.45) is 2.37. The van der Waals surface area contributed by atoms with Crippen LogP contribution in [0.5, 0.6) is 0 Å². The Bertz CT molecular complexity index is 1230. The summed E-state index contributed by atoms with van der Waals surface area (Å²) in [7, 11) is 0. The minimum Gasteiger partial charge on any atom is -0.466 e. The largest absolute Gasteiger partial charge is 0.466 e. The molecule has 0 radical (unpaired) electrons. The lowest BCUT2D eigenvalue weighted by Crippen LogP contribution is -2.45. The van der Waals surface area contributed by atoms with Crippen molar-refractivity contribution >= 4 is 17.4 Å². The van der Waals surface area contributed by atoms with Crippen molar-refractivity contribution in [2.75, 3.05) is 19.7 Å². The van der Waals surface area contributed by atoms with Gasteiger partial charge in [0.25, 0.3) is 5.56 Å². The zero-order valence-corrected chi connectivity index (χ0v) is 19.3. The molecule has 9 nitrogen and oxygen atoms in total. The third kappa shape index (κ3) is 4.67. The Morgan fingerprint density at radius 3 is 2.61 bits per heavy atom. The van der Waals surface area contributed by atoms with Crippen molar-refractivity contribution in [1.29, 1.82) is 0 Å². The molecule has 3 aromatic rings. The van der Waals surface area contributed by atoms with Gasteiger partial charge in [-0.1, -0.05) is 31.2 Å². The Morgan fingerprint density at radius 1 is 1.15 bits per heavy atom. The lowest BCUT2D eigenvalue weighted by molar-refractivity contribution is -0.151. The molecular weight excluding hydrogens is 422 g/mol. The van der Waals surface area contributed by atoms with Gasteiger partial charge in [-0.05, 0) is 44.7 Å². The lowest BCUT2D eigenvalue weighted by atomic mass is 9.98. The van der Waals surface area contributed by atoms with Crippen molar-refractivity contribution in [2.45, 2.75) is 46.6 Å². The van der Waals surface area contributed by atoms with Gasteiger partial charge in [0.2, 0.25) is 5.91 Å². The molecule has 1 saturated heterocycles. The van der Waals surface area contributed by atoms with E-state index in [0.717, 1.165) is 18.4 Å². The Balaban J connectivity index is 1.57. The summed E-state index contributed by atoms with van der Waals surface area (Å²) in [6, 6.07) is 9.80. The van der Waals surface area contributed by atoms with E-state index in [9.17, 15) is 14.4 Å². The lowest BCUT2D eigenvalue weighted by Gasteiger charge is -2.31. The predicted octanol–water partition coefficient (Wildman–Crippen LogP) is 2.23. The van der Waals surface area contributed by atoms with Crippen LogP contribution in [0.4, 0.5) is 0 Å². The van der Waals surface area contributed by atoms with E-state index in [1.54, 1.807) is 24.8 Å². The number of hydrogen-bond acceptors (Lipinski definition) is 6. The van der Waals surface area contributed by atoms with Gasteiger partial charge in [0.05, 0.1) is 18.2 Å². The van der Waals surface area contributed by atoms with Crippen LogP contribution in [0.1, 0.15) is 38.1 Å². The first kappa shape index (κ1) is 22.7. The molecule has 1 aliphatic heterocycles. The van der Waals surface area contributed by atoms with Gasteiger partial charge >= 0.3 is 5.97 Å². The van der Waals surface area contributed by atoms with Crippen LogP contribution in [0.15, 0.2) is 35.1 Å². The summed E-state index contributed by atoms with van der Waals surface area (Å²) < 4.78 is 7.81. The van der Waals surface area contributed by atoms with Crippen LogP contribution in [-0.2, 0) is 27.3 Å². The second-order valence-electron chi connectivity index (χ2n) is 8.32. The molecule has 0 spiro atoms. The quantitative estimate of drug-likeness (QED) is 0.533. The number of nitrogens with zero attached hydrogens (tertiary/aromatic N) is 5. The van der Waals surface area contributed by atoms with Crippen molar-refractivity contribution in [3.63, 3.8) is 0 Å². The van der Waals surface area contributed by atoms with E-state index in [1.165, 1.54) is 14.8 Å². The van der Waals surface area contributed by atoms with E-state index < -0.39 is 0 Å². The van der Waals surface area contributed by atoms with Crippen LogP contribution >= 0.6 is 0 Å². The van der Waals surface area contributed by atoms with Crippen molar-refractivity contribution < 1.29 is 14.3 Å². The molecule has 0 aliphatic carbocycles. The van der Waals surface area contributed by atoms with Crippen molar-refractivity contribution in [3.8, 4) is 11.3 Å². The fraction of sp³-hybridized carbons (Fsp3) is 0.458. The number of likely N-dealkylation sites (tertiary alicyclic amines) is 1. The molecule has 4 rings (SSSR count). The minimum absolute atomic E-state index is 0.183. The molecule has 1 amide bonds. The number of fused-ring (bicyclic) bond motifs is 1. The number of aryl methyl sites for hydroxylation is 2. The predicted molar refractivity (Wildman–Crippen MR) is 123 cm³/mol. The highest BCUT2D eigenvalue weighted by molar-refractivity contribution is 5.78. The number of hydrogen-bond donors (Lipinski definition) is 0. The Labute approximate surface area is 192 Å². The fourth-order valence-corrected chi connectivity index (χ4v) is 4.22. The molecule has 1 aliphatic rings. The van der Waals surface area contributed by atoms with Crippen molar-refractivity contribution in [1.82, 2.24) is 24.3 Å². The molecule has 3 heterocycles.